The third-order valence-electron chi connectivity index (χ3n) is 1.49. The van der Waals surface area contributed by atoms with Crippen molar-refractivity contribution in [2.75, 3.05) is 7.11 Å². The number of aliphatic hydroxyl groups excluding tert-OH is 1. The van der Waals surface area contributed by atoms with Crippen LogP contribution in [0.25, 0.3) is 0 Å². The van der Waals surface area contributed by atoms with E-state index in [1.165, 1.54) is 19.3 Å². The van der Waals surface area contributed by atoms with Gasteiger partial charge in [0.25, 0.3) is 0 Å². The first kappa shape index (κ1) is 14.0. The summed E-state index contributed by atoms with van der Waals surface area (Å²) >= 11 is 0. The van der Waals surface area contributed by atoms with E-state index < -0.39 is 5.97 Å². The fourth-order valence-corrected chi connectivity index (χ4v) is 0.880. The molecule has 0 atom stereocenters. The van der Waals surface area contributed by atoms with Crippen molar-refractivity contribution in [2.24, 2.45) is 0 Å². The number of unbranched alkanes of at least 4 members (excludes halogenated alkanes) is 4. The maximum Gasteiger partial charge on any atom is 0.303 e. The summed E-state index contributed by atoms with van der Waals surface area (Å²) in [6.45, 7) is 2.15. The van der Waals surface area contributed by atoms with Crippen molar-refractivity contribution in [1.82, 2.24) is 0 Å². The van der Waals surface area contributed by atoms with Crippen molar-refractivity contribution in [3.05, 3.63) is 0 Å². The Bertz CT molecular complexity index is 91.8. The third-order valence-corrected chi connectivity index (χ3v) is 1.49. The smallest absolute Gasteiger partial charge is 0.303 e. The number of aliphatic carboxylic acids is 1. The number of carbonyl (C=O) groups is 1. The number of hydrogen-bond acceptors (Lipinski definition) is 2. The summed E-state index contributed by atoms with van der Waals surface area (Å²) < 4.78 is 0. The topological polar surface area (TPSA) is 57.5 Å². The largest absolute Gasteiger partial charge is 0.481 e. The van der Waals surface area contributed by atoms with E-state index >= 15 is 0 Å². The Morgan fingerprint density at radius 2 is 1.58 bits per heavy atom. The lowest BCUT2D eigenvalue weighted by Gasteiger charge is -1.95. The molecule has 0 aliphatic heterocycles. The summed E-state index contributed by atoms with van der Waals surface area (Å²) in [5.41, 5.74) is 0. The lowest BCUT2D eigenvalue weighted by atomic mass is 10.1. The number of aliphatic hydroxyl groups is 1. The predicted octanol–water partition coefficient (Wildman–Crippen LogP) is 2.04. The van der Waals surface area contributed by atoms with Gasteiger partial charge < -0.3 is 10.2 Å². The second kappa shape index (κ2) is 13.1. The first-order chi connectivity index (χ1) is 5.77. The van der Waals surface area contributed by atoms with Gasteiger partial charge in [-0.25, -0.2) is 0 Å². The molecule has 0 spiro atoms. The van der Waals surface area contributed by atoms with Crippen molar-refractivity contribution in [3.63, 3.8) is 0 Å². The molecule has 0 aromatic heterocycles. The number of hydrogen-bond donors (Lipinski definition) is 2. The van der Waals surface area contributed by atoms with Gasteiger partial charge in [-0.05, 0) is 6.42 Å². The molecule has 12 heavy (non-hydrogen) atoms. The molecule has 0 rings (SSSR count). The molecular weight excluding hydrogens is 156 g/mol. The Labute approximate surface area is 74.4 Å². The van der Waals surface area contributed by atoms with E-state index in [0.717, 1.165) is 20.0 Å². The summed E-state index contributed by atoms with van der Waals surface area (Å²) in [5.74, 6) is -0.670. The molecule has 0 aliphatic carbocycles. The Morgan fingerprint density at radius 1 is 1.08 bits per heavy atom. The normalized spacial score (nSPS) is 8.58. The minimum Gasteiger partial charge on any atom is -0.481 e. The molecule has 0 saturated heterocycles. The molecule has 0 fully saturated rings. The van der Waals surface area contributed by atoms with Crippen molar-refractivity contribution >= 4 is 5.97 Å². The Hall–Kier alpha value is -0.570. The molecule has 3 nitrogen and oxygen atoms in total. The van der Waals surface area contributed by atoms with E-state index in [0.29, 0.717) is 6.42 Å². The highest BCUT2D eigenvalue weighted by molar-refractivity contribution is 5.66. The quantitative estimate of drug-likeness (QED) is 0.609. The van der Waals surface area contributed by atoms with Gasteiger partial charge in [-0.15, -0.1) is 0 Å². The highest BCUT2D eigenvalue weighted by Crippen LogP contribution is 2.04. The first-order valence-corrected chi connectivity index (χ1v) is 4.44. The van der Waals surface area contributed by atoms with Gasteiger partial charge in [0.2, 0.25) is 0 Å². The predicted molar refractivity (Wildman–Crippen MR) is 49.2 cm³/mol. The lowest BCUT2D eigenvalue weighted by Crippen LogP contribution is -1.93. The van der Waals surface area contributed by atoms with Gasteiger partial charge in [-0.3, -0.25) is 4.79 Å². The monoisotopic (exact) mass is 176 g/mol. The van der Waals surface area contributed by atoms with E-state index in [1.807, 2.05) is 0 Å². The molecule has 0 heterocycles. The van der Waals surface area contributed by atoms with E-state index in [4.69, 9.17) is 10.2 Å². The molecule has 0 aliphatic rings. The lowest BCUT2D eigenvalue weighted by molar-refractivity contribution is -0.137. The van der Waals surface area contributed by atoms with Gasteiger partial charge in [0, 0.05) is 13.5 Å². The van der Waals surface area contributed by atoms with Gasteiger partial charge in [0.05, 0.1) is 0 Å². The molecule has 0 aromatic carbocycles. The van der Waals surface area contributed by atoms with Crippen molar-refractivity contribution in [3.8, 4) is 0 Å². The Kier molecular flexibility index (Phi) is 15.2. The number of carboxylic acid groups (broad SMARTS) is 1. The van der Waals surface area contributed by atoms with Crippen LogP contribution >= 0.6 is 0 Å². The van der Waals surface area contributed by atoms with Crippen molar-refractivity contribution < 1.29 is 15.0 Å². The number of rotatable bonds is 6. The van der Waals surface area contributed by atoms with E-state index in [2.05, 4.69) is 6.92 Å². The van der Waals surface area contributed by atoms with Gasteiger partial charge >= 0.3 is 5.97 Å². The maximum absolute atomic E-state index is 10.0. The van der Waals surface area contributed by atoms with Crippen LogP contribution in [0.15, 0.2) is 0 Å². The van der Waals surface area contributed by atoms with Crippen LogP contribution in [0, 0.1) is 0 Å². The van der Waals surface area contributed by atoms with Gasteiger partial charge in [-0.2, -0.15) is 0 Å². The standard InChI is InChI=1S/C8H16O2.CH4O/c1-2-3-4-5-6-7-8(9)10;1-2/h2-7H2,1H3,(H,9,10);2H,1H3. The summed E-state index contributed by atoms with van der Waals surface area (Å²) in [7, 11) is 1.00. The fraction of sp³-hybridized carbons (Fsp3) is 0.889. The molecule has 2 N–H and O–H groups in total. The van der Waals surface area contributed by atoms with Crippen LogP contribution in [-0.2, 0) is 4.79 Å². The molecule has 0 unspecified atom stereocenters. The zero-order valence-electron chi connectivity index (χ0n) is 8.05. The molecule has 0 aromatic rings. The fourth-order valence-electron chi connectivity index (χ4n) is 0.880. The molecule has 74 valence electrons. The number of carboxylic acids is 1. The molecular formula is C9H20O3. The molecule has 0 bridgehead atoms. The molecule has 0 radical (unpaired) electrons. The first-order valence-electron chi connectivity index (χ1n) is 4.44. The van der Waals surface area contributed by atoms with Gasteiger partial charge in [-0.1, -0.05) is 32.6 Å². The summed E-state index contributed by atoms with van der Waals surface area (Å²) in [4.78, 5) is 10.0. The van der Waals surface area contributed by atoms with Crippen LogP contribution < -0.4 is 0 Å². The Morgan fingerprint density at radius 3 is 2.00 bits per heavy atom. The van der Waals surface area contributed by atoms with Crippen molar-refractivity contribution in [1.29, 1.82) is 0 Å². The van der Waals surface area contributed by atoms with Crippen LogP contribution in [0.1, 0.15) is 45.4 Å². The Balaban J connectivity index is 0. The summed E-state index contributed by atoms with van der Waals surface area (Å²) in [6.07, 6.45) is 5.88. The second-order valence-corrected chi connectivity index (χ2v) is 2.56. The SMILES string of the molecule is CCCCCCCC(=O)O.CO. The average molecular weight is 176 g/mol. The summed E-state index contributed by atoms with van der Waals surface area (Å²) in [5, 5.41) is 15.3. The molecule has 0 amide bonds. The van der Waals surface area contributed by atoms with Crippen LogP contribution in [0.5, 0.6) is 0 Å². The third kappa shape index (κ3) is 16.2. The van der Waals surface area contributed by atoms with Crippen LogP contribution in [-0.4, -0.2) is 23.3 Å². The van der Waals surface area contributed by atoms with Crippen LogP contribution in [0.2, 0.25) is 0 Å². The zero-order chi connectivity index (χ0) is 9.82. The minimum atomic E-state index is -0.670. The summed E-state index contributed by atoms with van der Waals surface area (Å²) in [6, 6.07) is 0. The highest BCUT2D eigenvalue weighted by Gasteiger charge is 1.94. The van der Waals surface area contributed by atoms with E-state index in [9.17, 15) is 4.79 Å². The minimum absolute atomic E-state index is 0.337. The van der Waals surface area contributed by atoms with Crippen molar-refractivity contribution in [2.45, 2.75) is 45.4 Å². The second-order valence-electron chi connectivity index (χ2n) is 2.56. The van der Waals surface area contributed by atoms with Crippen LogP contribution in [0.4, 0.5) is 0 Å². The zero-order valence-corrected chi connectivity index (χ0v) is 8.05. The average Bonchev–Trinajstić information content (AvgIpc) is 2.07. The van der Waals surface area contributed by atoms with Crippen LogP contribution in [0.3, 0.4) is 0 Å². The highest BCUT2D eigenvalue weighted by atomic mass is 16.4. The van der Waals surface area contributed by atoms with Gasteiger partial charge in [0.15, 0.2) is 0 Å². The maximum atomic E-state index is 10.0. The van der Waals surface area contributed by atoms with Gasteiger partial charge in [0.1, 0.15) is 0 Å². The van der Waals surface area contributed by atoms with E-state index in [-0.39, 0.29) is 0 Å². The van der Waals surface area contributed by atoms with E-state index in [1.54, 1.807) is 0 Å². The molecule has 3 heteroatoms. The molecule has 0 saturated carbocycles.